The Labute approximate surface area is 55.4 Å². The normalized spacial score (nSPS) is 16.8. The molecule has 0 radical (unpaired) electrons. The van der Waals surface area contributed by atoms with Crippen LogP contribution >= 0.6 is 0 Å². The first-order valence-electron chi connectivity index (χ1n) is 4.31. The van der Waals surface area contributed by atoms with Gasteiger partial charge in [0.15, 0.2) is 0 Å². The van der Waals surface area contributed by atoms with E-state index in [-0.39, 0.29) is 0 Å². The number of hydrogen-bond acceptors (Lipinski definition) is 0. The number of allylic oxidation sites excluding steroid dienone is 2. The Hall–Kier alpha value is -0.260. The average molecular weight is 116 g/mol. The maximum Gasteiger partial charge on any atom is 0.0572 e. The van der Waals surface area contributed by atoms with Crippen LogP contribution in [0, 0.1) is 0 Å². The molecule has 0 spiro atoms. The van der Waals surface area contributed by atoms with Crippen molar-refractivity contribution in [3.8, 4) is 0 Å². The lowest BCUT2D eigenvalue weighted by Crippen LogP contribution is -1.68. The summed E-state index contributed by atoms with van der Waals surface area (Å²) in [5.74, 6) is 0. The van der Waals surface area contributed by atoms with E-state index in [0.29, 0.717) is 12.1 Å². The molecule has 0 aliphatic heterocycles. The van der Waals surface area contributed by atoms with Crippen LogP contribution in [-0.4, -0.2) is 0 Å². The fraction of sp³-hybridized carbons (Fsp3) is 0.750. The van der Waals surface area contributed by atoms with Gasteiger partial charge in [0, 0.05) is 0 Å². The summed E-state index contributed by atoms with van der Waals surface area (Å²) in [5.41, 5.74) is 0. The van der Waals surface area contributed by atoms with Crippen molar-refractivity contribution in [2.75, 3.05) is 0 Å². The van der Waals surface area contributed by atoms with E-state index in [9.17, 15) is 0 Å². The van der Waals surface area contributed by atoms with Crippen LogP contribution in [0.1, 0.15) is 42.3 Å². The van der Waals surface area contributed by atoms with Crippen LogP contribution in [0.2, 0.25) is 0 Å². The second-order valence-electron chi connectivity index (χ2n) is 1.88. The minimum atomic E-state index is 0.413. The molecule has 0 amide bonds. The van der Waals surface area contributed by atoms with Gasteiger partial charge in [-0.05, 0) is 19.8 Å². The Morgan fingerprint density at radius 2 is 2.25 bits per heavy atom. The molecule has 8 heavy (non-hydrogen) atoms. The lowest BCUT2D eigenvalue weighted by atomic mass is 10.2. The van der Waals surface area contributed by atoms with Gasteiger partial charge in [-0.2, -0.15) is 0 Å². The Morgan fingerprint density at radius 1 is 1.50 bits per heavy atom. The van der Waals surface area contributed by atoms with Crippen molar-refractivity contribution in [2.24, 2.45) is 0 Å². The van der Waals surface area contributed by atoms with Crippen LogP contribution in [0.4, 0.5) is 0 Å². The summed E-state index contributed by atoms with van der Waals surface area (Å²) < 4.78 is 14.4. The largest absolute Gasteiger partial charge is 0.0917 e. The van der Waals surface area contributed by atoms with Crippen molar-refractivity contribution >= 4 is 0 Å². The molecule has 0 aliphatic rings. The summed E-state index contributed by atoms with van der Waals surface area (Å²) in [7, 11) is 0. The van der Waals surface area contributed by atoms with Gasteiger partial charge in [0.1, 0.15) is 0 Å². The van der Waals surface area contributed by atoms with Crippen molar-refractivity contribution in [3.63, 3.8) is 0 Å². The lowest BCUT2D eigenvalue weighted by Gasteiger charge is -1.88. The van der Waals surface area contributed by atoms with E-state index in [1.165, 1.54) is 12.8 Å². The molecule has 0 aromatic carbocycles. The van der Waals surface area contributed by atoms with Crippen LogP contribution in [-0.2, 0) is 0 Å². The van der Waals surface area contributed by atoms with E-state index >= 15 is 0 Å². The lowest BCUT2D eigenvalue weighted by molar-refractivity contribution is 0.729. The molecule has 0 saturated carbocycles. The van der Waals surface area contributed by atoms with E-state index in [2.05, 4.69) is 6.92 Å². The predicted octanol–water partition coefficient (Wildman–Crippen LogP) is 3.14. The molecule has 0 N–H and O–H groups in total. The SMILES string of the molecule is [3H]/C(C)=C(/[3H])CCCCC. The van der Waals surface area contributed by atoms with Gasteiger partial charge in [0.2, 0.25) is 0 Å². The highest BCUT2D eigenvalue weighted by Gasteiger charge is 1.78. The highest BCUT2D eigenvalue weighted by molar-refractivity contribution is 4.75. The molecule has 0 saturated heterocycles. The van der Waals surface area contributed by atoms with E-state index in [4.69, 9.17) is 2.74 Å². The van der Waals surface area contributed by atoms with Gasteiger partial charge >= 0.3 is 0 Å². The summed E-state index contributed by atoms with van der Waals surface area (Å²) in [4.78, 5) is 0. The van der Waals surface area contributed by atoms with Crippen molar-refractivity contribution in [3.05, 3.63) is 12.1 Å². The number of hydrogen-bond donors (Lipinski definition) is 0. The molecule has 0 atom stereocenters. The molecule has 0 nitrogen and oxygen atoms in total. The van der Waals surface area contributed by atoms with Gasteiger partial charge in [-0.25, -0.2) is 0 Å². The summed E-state index contributed by atoms with van der Waals surface area (Å²) in [6, 6.07) is 0.907. The number of rotatable bonds is 4. The van der Waals surface area contributed by atoms with Gasteiger partial charge in [-0.15, -0.1) is 0 Å². The Morgan fingerprint density at radius 3 is 2.75 bits per heavy atom. The molecular formula is C8H16. The molecule has 0 unspecified atom stereocenters. The average Bonchev–Trinajstić information content (AvgIpc) is 1.88. The van der Waals surface area contributed by atoms with Gasteiger partial charge in [-0.1, -0.05) is 31.9 Å². The fourth-order valence-electron chi connectivity index (χ4n) is 0.588. The third-order valence-electron chi connectivity index (χ3n) is 1.08. The van der Waals surface area contributed by atoms with Crippen molar-refractivity contribution < 1.29 is 2.74 Å². The summed E-state index contributed by atoms with van der Waals surface area (Å²) in [5, 5.41) is 0. The van der Waals surface area contributed by atoms with Crippen molar-refractivity contribution in [2.45, 2.75) is 39.5 Å². The molecule has 0 heteroatoms. The minimum absolute atomic E-state index is 0.413. The Kier molecular flexibility index (Phi) is 3.88. The highest BCUT2D eigenvalue weighted by atomic mass is 13.8. The predicted molar refractivity (Wildman–Crippen MR) is 39.0 cm³/mol. The summed E-state index contributed by atoms with van der Waals surface area (Å²) in [6.45, 7) is 3.81. The molecule has 0 heterocycles. The second-order valence-corrected chi connectivity index (χ2v) is 1.88. The third-order valence-corrected chi connectivity index (χ3v) is 1.08. The molecule has 0 rings (SSSR count). The van der Waals surface area contributed by atoms with E-state index < -0.39 is 0 Å². The first-order chi connectivity index (χ1) is 4.68. The minimum Gasteiger partial charge on any atom is -0.0917 e. The highest BCUT2D eigenvalue weighted by Crippen LogP contribution is 1.98. The first-order valence-corrected chi connectivity index (χ1v) is 3.31. The van der Waals surface area contributed by atoms with Gasteiger partial charge in [-0.3, -0.25) is 0 Å². The topological polar surface area (TPSA) is 0 Å². The van der Waals surface area contributed by atoms with E-state index in [1.807, 2.05) is 0 Å². The Bertz CT molecular complexity index is 112. The van der Waals surface area contributed by atoms with Gasteiger partial charge in [0.25, 0.3) is 0 Å². The fourth-order valence-corrected chi connectivity index (χ4v) is 0.588. The van der Waals surface area contributed by atoms with Crippen LogP contribution in [0.15, 0.2) is 12.1 Å². The summed E-state index contributed by atoms with van der Waals surface area (Å²) >= 11 is 0. The standard InChI is InChI=1S/C8H16/c1-3-5-7-8-6-4-2/h3,5H,4,6-8H2,1-2H3/b5-3+/i3T,5T. The number of unbranched alkanes of at least 4 members (excludes halogenated alkanes) is 2. The zero-order valence-electron chi connectivity index (χ0n) is 7.83. The molecule has 0 fully saturated rings. The van der Waals surface area contributed by atoms with Crippen molar-refractivity contribution in [1.29, 1.82) is 0 Å². The summed E-state index contributed by atoms with van der Waals surface area (Å²) in [6.07, 6.45) is 4.20. The third kappa shape index (κ3) is 5.74. The van der Waals surface area contributed by atoms with Crippen molar-refractivity contribution in [1.82, 2.24) is 0 Å². The maximum absolute atomic E-state index is 7.30. The Balaban J connectivity index is 3.40. The molecule has 0 aromatic heterocycles. The van der Waals surface area contributed by atoms with Gasteiger partial charge in [0.05, 0.1) is 2.74 Å². The van der Waals surface area contributed by atoms with Gasteiger partial charge < -0.3 is 0 Å². The quantitative estimate of drug-likeness (QED) is 0.391. The molecular weight excluding hydrogens is 96.1 g/mol. The molecule has 0 bridgehead atoms. The smallest absolute Gasteiger partial charge is 0.0572 e. The van der Waals surface area contributed by atoms with Crippen LogP contribution < -0.4 is 0 Å². The molecule has 48 valence electrons. The van der Waals surface area contributed by atoms with Crippen LogP contribution in [0.25, 0.3) is 0 Å². The van der Waals surface area contributed by atoms with Crippen LogP contribution in [0.3, 0.4) is 0 Å². The maximum atomic E-state index is 7.30. The zero-order valence-corrected chi connectivity index (χ0v) is 5.83. The molecule has 0 aliphatic carbocycles. The van der Waals surface area contributed by atoms with E-state index in [1.54, 1.807) is 6.92 Å². The molecule has 0 aromatic rings. The van der Waals surface area contributed by atoms with E-state index in [0.717, 1.165) is 12.8 Å². The van der Waals surface area contributed by atoms with Crippen LogP contribution in [0.5, 0.6) is 0 Å². The second kappa shape index (κ2) is 6.74. The first kappa shape index (κ1) is 4.60. The zero-order chi connectivity index (χ0) is 7.98. The monoisotopic (exact) mass is 116 g/mol.